The number of imidazole rings is 1. The highest BCUT2D eigenvalue weighted by Gasteiger charge is 2.38. The van der Waals surface area contributed by atoms with Crippen LogP contribution in [0, 0.1) is 5.41 Å². The number of nitrogens with zero attached hydrogens (tertiary/aromatic N) is 5. The molecule has 0 fully saturated rings. The summed E-state index contributed by atoms with van der Waals surface area (Å²) >= 11 is 0. The predicted molar refractivity (Wildman–Crippen MR) is 135 cm³/mol. The molecule has 0 bridgehead atoms. The van der Waals surface area contributed by atoms with Crippen molar-refractivity contribution in [1.82, 2.24) is 30.2 Å². The van der Waals surface area contributed by atoms with Crippen molar-refractivity contribution in [3.8, 4) is 22.8 Å². The molecule has 3 aromatic heterocycles. The summed E-state index contributed by atoms with van der Waals surface area (Å²) in [6, 6.07) is 10.0. The number of hydrogen-bond donors (Lipinski definition) is 4. The quantitative estimate of drug-likeness (QED) is 0.262. The second-order valence-electron chi connectivity index (χ2n) is 9.15. The molecule has 4 rings (SSSR count). The van der Waals surface area contributed by atoms with Gasteiger partial charge in [0.1, 0.15) is 5.52 Å². The fourth-order valence-electron chi connectivity index (χ4n) is 3.59. The van der Waals surface area contributed by atoms with Crippen molar-refractivity contribution >= 4 is 22.8 Å². The summed E-state index contributed by atoms with van der Waals surface area (Å²) in [5.41, 5.74) is 16.9. The summed E-state index contributed by atoms with van der Waals surface area (Å²) in [5, 5.41) is 18.4. The van der Waals surface area contributed by atoms with Gasteiger partial charge in [0.2, 0.25) is 0 Å². The number of aliphatic carboxylic acids is 1. The Bertz CT molecular complexity index is 1380. The van der Waals surface area contributed by atoms with Crippen LogP contribution < -0.4 is 16.8 Å². The van der Waals surface area contributed by atoms with Gasteiger partial charge in [0.05, 0.1) is 11.2 Å². The first-order chi connectivity index (χ1) is 17.9. The van der Waals surface area contributed by atoms with E-state index in [9.17, 15) is 13.2 Å². The smallest absolute Gasteiger partial charge is 0.475 e. The molecule has 0 atom stereocenters. The molecule has 0 saturated carbocycles. The SMILES string of the molecule is CCn1c(-c2nonc2N)nc2c(-c3ccccc3)ncc(CNCC(C)(C)CN)c21.O=C(O)C(F)(F)F. The third kappa shape index (κ3) is 6.44. The van der Waals surface area contributed by atoms with E-state index in [1.165, 1.54) is 0 Å². The van der Waals surface area contributed by atoms with Gasteiger partial charge in [-0.15, -0.1) is 0 Å². The van der Waals surface area contributed by atoms with Crippen LogP contribution in [0.2, 0.25) is 0 Å². The number of anilines is 1. The average molecular weight is 535 g/mol. The molecule has 0 radical (unpaired) electrons. The first kappa shape index (κ1) is 28.5. The summed E-state index contributed by atoms with van der Waals surface area (Å²) in [6.07, 6.45) is -3.17. The van der Waals surface area contributed by atoms with Gasteiger partial charge in [0.25, 0.3) is 0 Å². The average Bonchev–Trinajstić information content (AvgIpc) is 3.47. The maximum Gasteiger partial charge on any atom is 0.490 e. The van der Waals surface area contributed by atoms with Crippen LogP contribution in [0.25, 0.3) is 33.8 Å². The highest BCUT2D eigenvalue weighted by atomic mass is 19.4. The molecule has 14 heteroatoms. The molecule has 6 N–H and O–H groups in total. The van der Waals surface area contributed by atoms with E-state index in [1.807, 2.05) is 36.5 Å². The van der Waals surface area contributed by atoms with Gasteiger partial charge in [-0.05, 0) is 29.2 Å². The lowest BCUT2D eigenvalue weighted by Gasteiger charge is -2.23. The van der Waals surface area contributed by atoms with Crippen molar-refractivity contribution in [1.29, 1.82) is 0 Å². The van der Waals surface area contributed by atoms with E-state index in [0.717, 1.165) is 34.4 Å². The first-order valence-electron chi connectivity index (χ1n) is 11.6. The highest BCUT2D eigenvalue weighted by molar-refractivity contribution is 5.94. The minimum Gasteiger partial charge on any atom is -0.475 e. The lowest BCUT2D eigenvalue weighted by Crippen LogP contribution is -2.35. The Balaban J connectivity index is 0.000000505. The topological polar surface area (TPSA) is 171 Å². The third-order valence-corrected chi connectivity index (χ3v) is 5.65. The number of rotatable bonds is 8. The number of aromatic nitrogens is 5. The summed E-state index contributed by atoms with van der Waals surface area (Å²) < 4.78 is 38.7. The van der Waals surface area contributed by atoms with Crippen molar-refractivity contribution in [2.45, 2.75) is 40.0 Å². The Morgan fingerprint density at radius 1 is 1.16 bits per heavy atom. The molecule has 1 aromatic carbocycles. The maximum absolute atomic E-state index is 10.6. The summed E-state index contributed by atoms with van der Waals surface area (Å²) in [7, 11) is 0. The molecule has 11 nitrogen and oxygen atoms in total. The highest BCUT2D eigenvalue weighted by Crippen LogP contribution is 2.33. The molecule has 0 aliphatic heterocycles. The summed E-state index contributed by atoms with van der Waals surface area (Å²) in [4.78, 5) is 18.6. The number of benzene rings is 1. The maximum atomic E-state index is 10.6. The van der Waals surface area contributed by atoms with Gasteiger partial charge in [-0.3, -0.25) is 4.98 Å². The molecule has 4 aromatic rings. The number of alkyl halides is 3. The Morgan fingerprint density at radius 3 is 2.34 bits per heavy atom. The third-order valence-electron chi connectivity index (χ3n) is 5.65. The molecular weight excluding hydrogens is 505 g/mol. The normalized spacial score (nSPS) is 11.9. The molecule has 3 heterocycles. The van der Waals surface area contributed by atoms with Gasteiger partial charge in [0, 0.05) is 37.0 Å². The van der Waals surface area contributed by atoms with E-state index in [2.05, 4.69) is 41.0 Å². The van der Waals surface area contributed by atoms with Crippen LogP contribution in [0.1, 0.15) is 26.3 Å². The zero-order chi connectivity index (χ0) is 28.1. The van der Waals surface area contributed by atoms with Crippen molar-refractivity contribution in [3.05, 3.63) is 42.1 Å². The van der Waals surface area contributed by atoms with E-state index in [0.29, 0.717) is 31.2 Å². The zero-order valence-corrected chi connectivity index (χ0v) is 21.1. The molecule has 0 saturated heterocycles. The number of carboxylic acids is 1. The van der Waals surface area contributed by atoms with Crippen LogP contribution in [0.4, 0.5) is 19.0 Å². The van der Waals surface area contributed by atoms with Gasteiger partial charge < -0.3 is 26.5 Å². The lowest BCUT2D eigenvalue weighted by molar-refractivity contribution is -0.192. The number of pyridine rings is 1. The van der Waals surface area contributed by atoms with E-state index in [-0.39, 0.29) is 11.2 Å². The monoisotopic (exact) mass is 534 g/mol. The fourth-order valence-corrected chi connectivity index (χ4v) is 3.59. The number of aryl methyl sites for hydroxylation is 1. The number of fused-ring (bicyclic) bond motifs is 1. The number of halogens is 3. The Hall–Kier alpha value is -4.04. The Labute approximate surface area is 216 Å². The van der Waals surface area contributed by atoms with Crippen LogP contribution in [0.5, 0.6) is 0 Å². The first-order valence-corrected chi connectivity index (χ1v) is 11.6. The van der Waals surface area contributed by atoms with Crippen molar-refractivity contribution in [2.24, 2.45) is 11.1 Å². The minimum atomic E-state index is -5.08. The van der Waals surface area contributed by atoms with E-state index in [4.69, 9.17) is 36.0 Å². The molecule has 0 unspecified atom stereocenters. The Morgan fingerprint density at radius 2 is 1.82 bits per heavy atom. The number of carboxylic acid groups (broad SMARTS) is 1. The van der Waals surface area contributed by atoms with E-state index in [1.54, 1.807) is 0 Å². The lowest BCUT2D eigenvalue weighted by atomic mass is 9.94. The molecule has 38 heavy (non-hydrogen) atoms. The molecule has 0 aliphatic rings. The van der Waals surface area contributed by atoms with Crippen LogP contribution in [0.15, 0.2) is 41.2 Å². The summed E-state index contributed by atoms with van der Waals surface area (Å²) in [6.45, 7) is 9.06. The van der Waals surface area contributed by atoms with Crippen molar-refractivity contribution < 1.29 is 27.7 Å². The van der Waals surface area contributed by atoms with Gasteiger partial charge in [-0.2, -0.15) is 13.2 Å². The number of hydrogen-bond acceptors (Lipinski definition) is 9. The van der Waals surface area contributed by atoms with Gasteiger partial charge in [0.15, 0.2) is 17.3 Å². The van der Waals surface area contributed by atoms with Crippen LogP contribution in [-0.2, 0) is 17.9 Å². The number of nitrogens with one attached hydrogen (secondary N) is 1. The van der Waals surface area contributed by atoms with E-state index >= 15 is 0 Å². The second kappa shape index (κ2) is 11.6. The number of nitrogen functional groups attached to an aromatic ring is 1. The minimum absolute atomic E-state index is 0.00746. The van der Waals surface area contributed by atoms with E-state index < -0.39 is 12.1 Å². The van der Waals surface area contributed by atoms with Crippen LogP contribution in [-0.4, -0.2) is 55.2 Å². The molecule has 0 spiro atoms. The number of nitrogens with two attached hydrogens (primary N) is 2. The van der Waals surface area contributed by atoms with Gasteiger partial charge in [-0.1, -0.05) is 44.2 Å². The Kier molecular flexibility index (Phi) is 8.68. The van der Waals surface area contributed by atoms with Gasteiger partial charge in [-0.25, -0.2) is 14.4 Å². The molecule has 204 valence electrons. The molecule has 0 aliphatic carbocycles. The van der Waals surface area contributed by atoms with Crippen LogP contribution in [0.3, 0.4) is 0 Å². The fraction of sp³-hybridized carbons (Fsp3) is 0.375. The summed E-state index contributed by atoms with van der Waals surface area (Å²) in [5.74, 6) is -1.93. The van der Waals surface area contributed by atoms with Crippen LogP contribution >= 0.6 is 0 Å². The van der Waals surface area contributed by atoms with Crippen molar-refractivity contribution in [3.63, 3.8) is 0 Å². The van der Waals surface area contributed by atoms with Gasteiger partial charge >= 0.3 is 12.1 Å². The molecular formula is C24H29F3N8O3. The van der Waals surface area contributed by atoms with Crippen molar-refractivity contribution in [2.75, 3.05) is 18.8 Å². The largest absolute Gasteiger partial charge is 0.490 e. The standard InChI is InChI=1S/C22H28N8O.C2HF3O2/c1-4-30-19-15(10-25-13-22(2,3)12-23)11-26-16(14-8-6-5-7-9-14)17(19)27-21(30)18-20(24)29-31-28-18;3-2(4,5)1(6)7/h5-9,11,25H,4,10,12-13,23H2,1-3H3,(H2,24,29);(H,6,7). The number of carbonyl (C=O) groups is 1. The predicted octanol–water partition coefficient (Wildman–Crippen LogP) is 3.46. The molecule has 0 amide bonds. The second-order valence-corrected chi connectivity index (χ2v) is 9.15. The zero-order valence-electron chi connectivity index (χ0n) is 21.1.